The van der Waals surface area contributed by atoms with Crippen molar-refractivity contribution < 1.29 is 4.74 Å². The third kappa shape index (κ3) is 3.28. The predicted octanol–water partition coefficient (Wildman–Crippen LogP) is 2.00. The SMILES string of the molecule is CC1(C)CC(NCc2cccnc2C#N)CCO1. The van der Waals surface area contributed by atoms with Crippen molar-refractivity contribution >= 4 is 0 Å². The van der Waals surface area contributed by atoms with E-state index in [1.165, 1.54) is 0 Å². The van der Waals surface area contributed by atoms with E-state index in [0.29, 0.717) is 18.3 Å². The highest BCUT2D eigenvalue weighted by atomic mass is 16.5. The number of nitriles is 1. The minimum Gasteiger partial charge on any atom is -0.375 e. The molecular weight excluding hydrogens is 226 g/mol. The molecule has 0 bridgehead atoms. The van der Waals surface area contributed by atoms with Crippen LogP contribution in [0.4, 0.5) is 0 Å². The van der Waals surface area contributed by atoms with E-state index in [1.807, 2.05) is 12.1 Å². The smallest absolute Gasteiger partial charge is 0.144 e. The minimum atomic E-state index is -0.0527. The Bertz CT molecular complexity index is 451. The average Bonchev–Trinajstić information content (AvgIpc) is 2.35. The van der Waals surface area contributed by atoms with Gasteiger partial charge in [-0.25, -0.2) is 4.98 Å². The van der Waals surface area contributed by atoms with Gasteiger partial charge in [0.2, 0.25) is 0 Å². The lowest BCUT2D eigenvalue weighted by Gasteiger charge is -2.36. The van der Waals surface area contributed by atoms with Gasteiger partial charge in [0, 0.05) is 31.0 Å². The van der Waals surface area contributed by atoms with Gasteiger partial charge >= 0.3 is 0 Å². The third-order valence-corrected chi connectivity index (χ3v) is 3.28. The van der Waals surface area contributed by atoms with Gasteiger partial charge in [0.25, 0.3) is 0 Å². The molecule has 1 fully saturated rings. The molecule has 1 atom stereocenters. The number of ether oxygens (including phenoxy) is 1. The fourth-order valence-electron chi connectivity index (χ4n) is 2.34. The van der Waals surface area contributed by atoms with Crippen molar-refractivity contribution in [2.75, 3.05) is 6.61 Å². The second-order valence-corrected chi connectivity index (χ2v) is 5.30. The Balaban J connectivity index is 1.94. The molecule has 0 aliphatic carbocycles. The number of aromatic nitrogens is 1. The molecule has 96 valence electrons. The monoisotopic (exact) mass is 245 g/mol. The first-order valence-corrected chi connectivity index (χ1v) is 6.32. The van der Waals surface area contributed by atoms with Gasteiger partial charge in [-0.2, -0.15) is 5.26 Å². The van der Waals surface area contributed by atoms with E-state index in [2.05, 4.69) is 30.2 Å². The van der Waals surface area contributed by atoms with Gasteiger partial charge in [0.05, 0.1) is 5.60 Å². The number of hydrogen-bond donors (Lipinski definition) is 1. The van der Waals surface area contributed by atoms with Crippen molar-refractivity contribution in [2.24, 2.45) is 0 Å². The summed E-state index contributed by atoms with van der Waals surface area (Å²) >= 11 is 0. The number of hydrogen-bond acceptors (Lipinski definition) is 4. The Hall–Kier alpha value is -1.44. The first-order valence-electron chi connectivity index (χ1n) is 6.32. The highest BCUT2D eigenvalue weighted by Gasteiger charge is 2.28. The third-order valence-electron chi connectivity index (χ3n) is 3.28. The molecule has 1 aromatic heterocycles. The summed E-state index contributed by atoms with van der Waals surface area (Å²) in [6.45, 7) is 5.72. The molecule has 1 aromatic rings. The van der Waals surface area contributed by atoms with E-state index in [-0.39, 0.29) is 5.60 Å². The Morgan fingerprint density at radius 1 is 1.61 bits per heavy atom. The Morgan fingerprint density at radius 2 is 2.44 bits per heavy atom. The van der Waals surface area contributed by atoms with E-state index < -0.39 is 0 Å². The molecule has 1 aliphatic rings. The molecule has 4 heteroatoms. The van der Waals surface area contributed by atoms with Crippen LogP contribution in [-0.4, -0.2) is 23.2 Å². The van der Waals surface area contributed by atoms with Gasteiger partial charge in [0.15, 0.2) is 0 Å². The molecule has 2 rings (SSSR count). The molecule has 1 N–H and O–H groups in total. The van der Waals surface area contributed by atoms with Crippen LogP contribution < -0.4 is 5.32 Å². The molecule has 0 saturated carbocycles. The molecule has 0 radical (unpaired) electrons. The maximum atomic E-state index is 8.98. The van der Waals surface area contributed by atoms with Crippen molar-refractivity contribution in [2.45, 2.75) is 44.9 Å². The van der Waals surface area contributed by atoms with E-state index in [4.69, 9.17) is 10.00 Å². The lowest BCUT2D eigenvalue weighted by Crippen LogP contribution is -2.43. The topological polar surface area (TPSA) is 57.9 Å². The molecule has 1 aliphatic heterocycles. The number of nitrogens with zero attached hydrogens (tertiary/aromatic N) is 2. The van der Waals surface area contributed by atoms with Gasteiger partial charge in [-0.1, -0.05) is 6.07 Å². The highest BCUT2D eigenvalue weighted by Crippen LogP contribution is 2.24. The van der Waals surface area contributed by atoms with Crippen LogP contribution >= 0.6 is 0 Å². The maximum Gasteiger partial charge on any atom is 0.144 e. The average molecular weight is 245 g/mol. The first-order chi connectivity index (χ1) is 8.61. The zero-order valence-corrected chi connectivity index (χ0v) is 10.9. The fraction of sp³-hybridized carbons (Fsp3) is 0.571. The molecular formula is C14H19N3O. The van der Waals surface area contributed by atoms with Crippen LogP contribution in [0.1, 0.15) is 37.9 Å². The van der Waals surface area contributed by atoms with Crippen molar-refractivity contribution in [1.82, 2.24) is 10.3 Å². The van der Waals surface area contributed by atoms with E-state index in [1.54, 1.807) is 6.20 Å². The van der Waals surface area contributed by atoms with Gasteiger partial charge in [-0.05, 0) is 32.8 Å². The molecule has 1 saturated heterocycles. The second-order valence-electron chi connectivity index (χ2n) is 5.30. The molecule has 2 heterocycles. The van der Waals surface area contributed by atoms with Crippen molar-refractivity contribution in [3.63, 3.8) is 0 Å². The van der Waals surface area contributed by atoms with E-state index >= 15 is 0 Å². The van der Waals surface area contributed by atoms with E-state index in [0.717, 1.165) is 25.0 Å². The van der Waals surface area contributed by atoms with Crippen LogP contribution in [0, 0.1) is 11.3 Å². The molecule has 0 amide bonds. The second kappa shape index (κ2) is 5.47. The Morgan fingerprint density at radius 3 is 3.17 bits per heavy atom. The minimum absolute atomic E-state index is 0.0527. The van der Waals surface area contributed by atoms with Crippen molar-refractivity contribution in [3.8, 4) is 6.07 Å². The summed E-state index contributed by atoms with van der Waals surface area (Å²) < 4.78 is 5.69. The summed E-state index contributed by atoms with van der Waals surface area (Å²) in [5.41, 5.74) is 1.42. The largest absolute Gasteiger partial charge is 0.375 e. The van der Waals surface area contributed by atoms with Crippen molar-refractivity contribution in [1.29, 1.82) is 5.26 Å². The van der Waals surface area contributed by atoms with Gasteiger partial charge in [0.1, 0.15) is 11.8 Å². The summed E-state index contributed by atoms with van der Waals surface area (Å²) in [5, 5.41) is 12.5. The summed E-state index contributed by atoms with van der Waals surface area (Å²) in [5.74, 6) is 0. The first kappa shape index (κ1) is 13.0. The molecule has 0 aromatic carbocycles. The summed E-state index contributed by atoms with van der Waals surface area (Å²) in [4.78, 5) is 4.06. The summed E-state index contributed by atoms with van der Waals surface area (Å²) in [7, 11) is 0. The highest BCUT2D eigenvalue weighted by molar-refractivity contribution is 5.30. The lowest BCUT2D eigenvalue weighted by atomic mass is 9.94. The van der Waals surface area contributed by atoms with Crippen LogP contribution in [0.3, 0.4) is 0 Å². The number of rotatable bonds is 3. The van der Waals surface area contributed by atoms with Gasteiger partial charge in [-0.15, -0.1) is 0 Å². The molecule has 0 spiro atoms. The molecule has 1 unspecified atom stereocenters. The zero-order chi connectivity index (χ0) is 13.0. The van der Waals surface area contributed by atoms with Crippen LogP contribution in [-0.2, 0) is 11.3 Å². The van der Waals surface area contributed by atoms with Crippen LogP contribution in [0.25, 0.3) is 0 Å². The number of nitrogens with one attached hydrogen (secondary N) is 1. The lowest BCUT2D eigenvalue weighted by molar-refractivity contribution is -0.0630. The normalized spacial score (nSPS) is 22.4. The van der Waals surface area contributed by atoms with Gasteiger partial charge < -0.3 is 10.1 Å². The van der Waals surface area contributed by atoms with Crippen LogP contribution in [0.5, 0.6) is 0 Å². The Kier molecular flexibility index (Phi) is 3.95. The zero-order valence-electron chi connectivity index (χ0n) is 10.9. The summed E-state index contributed by atoms with van der Waals surface area (Å²) in [6.07, 6.45) is 3.67. The molecule has 4 nitrogen and oxygen atoms in total. The molecule has 18 heavy (non-hydrogen) atoms. The number of pyridine rings is 1. The standard InChI is InChI=1S/C14H19N3O/c1-14(2)8-12(5-7-18-14)17-10-11-4-3-6-16-13(11)9-15/h3-4,6,12,17H,5,7-8,10H2,1-2H3. The maximum absolute atomic E-state index is 8.98. The van der Waals surface area contributed by atoms with Crippen LogP contribution in [0.15, 0.2) is 18.3 Å². The fourth-order valence-corrected chi connectivity index (χ4v) is 2.34. The van der Waals surface area contributed by atoms with E-state index in [9.17, 15) is 0 Å². The quantitative estimate of drug-likeness (QED) is 0.885. The summed E-state index contributed by atoms with van der Waals surface area (Å²) in [6, 6.07) is 6.38. The van der Waals surface area contributed by atoms with Crippen LogP contribution in [0.2, 0.25) is 0 Å². The van der Waals surface area contributed by atoms with Crippen molar-refractivity contribution in [3.05, 3.63) is 29.6 Å². The predicted molar refractivity (Wildman–Crippen MR) is 68.8 cm³/mol. The van der Waals surface area contributed by atoms with Gasteiger partial charge in [-0.3, -0.25) is 0 Å². The Labute approximate surface area is 108 Å².